The Hall–Kier alpha value is -7.71. The fourth-order valence-electron chi connectivity index (χ4n) is 9.61. The van der Waals surface area contributed by atoms with E-state index in [-0.39, 0.29) is 0 Å². The maximum absolute atomic E-state index is 6.63. The summed E-state index contributed by atoms with van der Waals surface area (Å²) in [4.78, 5) is 16.3. The number of rotatable bonds is 4. The molecule has 288 valence electrons. The molecule has 0 aliphatic heterocycles. The predicted octanol–water partition coefficient (Wildman–Crippen LogP) is 15.8. The molecule has 0 saturated heterocycles. The number of hydrogen-bond donors (Lipinski definition) is 0. The van der Waals surface area contributed by atoms with Crippen LogP contribution in [0.15, 0.2) is 186 Å². The second kappa shape index (κ2) is 12.9. The Kier molecular flexibility index (Phi) is 7.08. The first-order valence-corrected chi connectivity index (χ1v) is 22.3. The molecule has 0 atom stereocenters. The van der Waals surface area contributed by atoms with Gasteiger partial charge >= 0.3 is 0 Å². The maximum Gasteiger partial charge on any atom is 0.166 e. The van der Waals surface area contributed by atoms with Crippen LogP contribution < -0.4 is 0 Å². The molecule has 0 aliphatic carbocycles. The van der Waals surface area contributed by atoms with Crippen molar-refractivity contribution >= 4 is 118 Å². The molecule has 0 aliphatic rings. The Bertz CT molecular complexity index is 4060. The molecule has 62 heavy (non-hydrogen) atoms. The SMILES string of the molecule is c1ccc2cc3c(cc2c1)c1ccccc1n3-c1ccc2oc3ccccc3c2c1-c1nc(-c2ccc3c(c2)sc2ccccc23)nc(-c2ccc3c(c2)sc2ccccc23)n1. The van der Waals surface area contributed by atoms with Gasteiger partial charge in [0.05, 0.1) is 22.3 Å². The lowest BCUT2D eigenvalue weighted by Gasteiger charge is -2.16. The fourth-order valence-corrected chi connectivity index (χ4v) is 11.9. The second-order valence-corrected chi connectivity index (χ2v) is 18.1. The molecule has 14 rings (SSSR count). The van der Waals surface area contributed by atoms with Gasteiger partial charge in [-0.15, -0.1) is 22.7 Å². The molecular formula is C55H30N4OS2. The van der Waals surface area contributed by atoms with Gasteiger partial charge in [-0.2, -0.15) is 0 Å². The lowest BCUT2D eigenvalue weighted by Crippen LogP contribution is -2.04. The van der Waals surface area contributed by atoms with Gasteiger partial charge in [-0.1, -0.05) is 121 Å². The highest BCUT2D eigenvalue weighted by molar-refractivity contribution is 7.26. The van der Waals surface area contributed by atoms with E-state index in [1.165, 1.54) is 61.9 Å². The largest absolute Gasteiger partial charge is 0.456 e. The van der Waals surface area contributed by atoms with Crippen LogP contribution in [-0.4, -0.2) is 19.5 Å². The normalized spacial score (nSPS) is 12.2. The number of furan rings is 1. The van der Waals surface area contributed by atoms with Crippen LogP contribution in [0.1, 0.15) is 0 Å². The van der Waals surface area contributed by atoms with Crippen molar-refractivity contribution in [3.63, 3.8) is 0 Å². The third kappa shape index (κ3) is 4.97. The fraction of sp³-hybridized carbons (Fsp3) is 0. The van der Waals surface area contributed by atoms with Crippen LogP contribution in [0.25, 0.3) is 135 Å². The number of aromatic nitrogens is 4. The van der Waals surface area contributed by atoms with Crippen molar-refractivity contribution in [3.05, 3.63) is 182 Å². The van der Waals surface area contributed by atoms with Crippen molar-refractivity contribution in [2.45, 2.75) is 0 Å². The van der Waals surface area contributed by atoms with E-state index in [9.17, 15) is 0 Å². The number of nitrogens with zero attached hydrogens (tertiary/aromatic N) is 4. The highest BCUT2D eigenvalue weighted by Gasteiger charge is 2.25. The number of thiophene rings is 2. The van der Waals surface area contributed by atoms with Gasteiger partial charge in [0.25, 0.3) is 0 Å². The average Bonchev–Trinajstić information content (AvgIpc) is 4.08. The molecule has 7 heteroatoms. The van der Waals surface area contributed by atoms with Gasteiger partial charge in [0.15, 0.2) is 17.5 Å². The summed E-state index contributed by atoms with van der Waals surface area (Å²) >= 11 is 3.59. The van der Waals surface area contributed by atoms with Gasteiger partial charge < -0.3 is 8.98 Å². The summed E-state index contributed by atoms with van der Waals surface area (Å²) < 4.78 is 13.9. The van der Waals surface area contributed by atoms with Crippen LogP contribution in [-0.2, 0) is 0 Å². The van der Waals surface area contributed by atoms with Crippen LogP contribution in [0, 0.1) is 0 Å². The highest BCUT2D eigenvalue weighted by atomic mass is 32.1. The van der Waals surface area contributed by atoms with Crippen molar-refractivity contribution in [1.82, 2.24) is 19.5 Å². The third-order valence-corrected chi connectivity index (χ3v) is 14.7. The molecule has 9 aromatic carbocycles. The molecular weight excluding hydrogens is 797 g/mol. The Morgan fingerprint density at radius 1 is 0.371 bits per heavy atom. The van der Waals surface area contributed by atoms with Crippen LogP contribution in [0.2, 0.25) is 0 Å². The molecule has 0 radical (unpaired) electrons. The molecule has 0 spiro atoms. The van der Waals surface area contributed by atoms with Crippen molar-refractivity contribution in [2.75, 3.05) is 0 Å². The minimum Gasteiger partial charge on any atom is -0.456 e. The summed E-state index contributed by atoms with van der Waals surface area (Å²) in [6.07, 6.45) is 0. The predicted molar refractivity (Wildman–Crippen MR) is 261 cm³/mol. The first-order valence-electron chi connectivity index (χ1n) is 20.7. The number of fused-ring (bicyclic) bond motifs is 13. The first kappa shape index (κ1) is 34.0. The molecule has 0 bridgehead atoms. The standard InChI is InChI=1S/C55H30N4OS2/c1-2-12-32-28-44-41(27-31(32)11-1)35-13-3-7-17-42(35)59(44)43-25-26-46-51(40-16-4-8-18-45(40)60-46)52(43)55-57-53(33-21-23-38-36-14-5-9-19-47(36)61-49(38)29-33)56-54(58-55)34-22-24-39-37-15-6-10-20-48(37)62-50(39)30-34/h1-30H. The van der Waals surface area contributed by atoms with Crippen LogP contribution >= 0.6 is 22.7 Å². The maximum atomic E-state index is 6.63. The average molecular weight is 827 g/mol. The number of para-hydroxylation sites is 2. The van der Waals surface area contributed by atoms with Crippen molar-refractivity contribution in [1.29, 1.82) is 0 Å². The molecule has 0 fully saturated rings. The summed E-state index contributed by atoms with van der Waals surface area (Å²) in [6.45, 7) is 0. The Labute approximate surface area is 361 Å². The Balaban J connectivity index is 1.10. The Morgan fingerprint density at radius 2 is 0.919 bits per heavy atom. The summed E-state index contributed by atoms with van der Waals surface area (Å²) in [5.74, 6) is 1.81. The summed E-state index contributed by atoms with van der Waals surface area (Å²) in [7, 11) is 0. The monoisotopic (exact) mass is 826 g/mol. The van der Waals surface area contributed by atoms with Crippen LogP contribution in [0.4, 0.5) is 0 Å². The quantitative estimate of drug-likeness (QED) is 0.177. The molecule has 5 aromatic heterocycles. The van der Waals surface area contributed by atoms with Crippen molar-refractivity contribution < 1.29 is 4.42 Å². The van der Waals surface area contributed by atoms with Gasteiger partial charge in [-0.05, 0) is 71.4 Å². The van der Waals surface area contributed by atoms with E-state index in [0.717, 1.165) is 55.3 Å². The minimum atomic E-state index is 0.580. The van der Waals surface area contributed by atoms with Gasteiger partial charge in [0.1, 0.15) is 11.2 Å². The number of hydrogen-bond acceptors (Lipinski definition) is 6. The topological polar surface area (TPSA) is 56.7 Å². The molecule has 0 amide bonds. The van der Waals surface area contributed by atoms with E-state index in [1.807, 2.05) is 12.1 Å². The van der Waals surface area contributed by atoms with Crippen molar-refractivity contribution in [3.8, 4) is 39.9 Å². The molecule has 14 aromatic rings. The number of benzene rings is 9. The van der Waals surface area contributed by atoms with Gasteiger partial charge in [0.2, 0.25) is 0 Å². The van der Waals surface area contributed by atoms with E-state index < -0.39 is 0 Å². The summed E-state index contributed by atoms with van der Waals surface area (Å²) in [5, 5.41) is 11.7. The lowest BCUT2D eigenvalue weighted by molar-refractivity contribution is 0.669. The molecule has 0 saturated carbocycles. The zero-order valence-electron chi connectivity index (χ0n) is 32.8. The van der Waals surface area contributed by atoms with Crippen molar-refractivity contribution in [2.24, 2.45) is 0 Å². The summed E-state index contributed by atoms with van der Waals surface area (Å²) in [6, 6.07) is 64.9. The lowest BCUT2D eigenvalue weighted by atomic mass is 10.0. The smallest absolute Gasteiger partial charge is 0.166 e. The van der Waals surface area contributed by atoms with Gasteiger partial charge in [-0.3, -0.25) is 0 Å². The first-order chi connectivity index (χ1) is 30.7. The van der Waals surface area contributed by atoms with Crippen LogP contribution in [0.5, 0.6) is 0 Å². The zero-order chi connectivity index (χ0) is 40.5. The van der Waals surface area contributed by atoms with Gasteiger partial charge in [-0.25, -0.2) is 15.0 Å². The van der Waals surface area contributed by atoms with E-state index in [4.69, 9.17) is 19.4 Å². The molecule has 5 heterocycles. The molecule has 5 nitrogen and oxygen atoms in total. The van der Waals surface area contributed by atoms with E-state index in [0.29, 0.717) is 17.5 Å². The molecule has 0 N–H and O–H groups in total. The third-order valence-electron chi connectivity index (χ3n) is 12.4. The van der Waals surface area contributed by atoms with Crippen LogP contribution in [0.3, 0.4) is 0 Å². The van der Waals surface area contributed by atoms with E-state index in [1.54, 1.807) is 22.7 Å². The highest BCUT2D eigenvalue weighted by Crippen LogP contribution is 2.45. The minimum absolute atomic E-state index is 0.580. The zero-order valence-corrected chi connectivity index (χ0v) is 34.5. The van der Waals surface area contributed by atoms with E-state index in [2.05, 4.69) is 174 Å². The summed E-state index contributed by atoms with van der Waals surface area (Å²) in [5.41, 5.74) is 7.53. The molecule has 0 unspecified atom stereocenters. The second-order valence-electron chi connectivity index (χ2n) is 15.9. The van der Waals surface area contributed by atoms with Gasteiger partial charge in [0, 0.05) is 73.0 Å². The Morgan fingerprint density at radius 3 is 1.61 bits per heavy atom. The van der Waals surface area contributed by atoms with E-state index >= 15 is 0 Å².